The number of benzene rings is 2. The number of carbonyl (C=O) groups is 2. The summed E-state index contributed by atoms with van der Waals surface area (Å²) in [4.78, 5) is 28.7. The molecule has 0 unspecified atom stereocenters. The minimum atomic E-state index is -0.343. The molecule has 0 radical (unpaired) electrons. The smallest absolute Gasteiger partial charge is 0.226 e. The summed E-state index contributed by atoms with van der Waals surface area (Å²) in [6.07, 6.45) is 3.81. The maximum Gasteiger partial charge on any atom is 0.226 e. The van der Waals surface area contributed by atoms with E-state index in [1.165, 1.54) is 6.92 Å². The lowest BCUT2D eigenvalue weighted by atomic mass is 9.93. The first-order valence-corrected chi connectivity index (χ1v) is 9.56. The number of ether oxygens (including phenoxy) is 1. The topological polar surface area (TPSA) is 61.9 Å². The Kier molecular flexibility index (Phi) is 6.34. The molecule has 0 bridgehead atoms. The third-order valence-corrected chi connectivity index (χ3v) is 4.88. The van der Waals surface area contributed by atoms with Gasteiger partial charge in [-0.15, -0.1) is 0 Å². The molecule has 0 saturated heterocycles. The van der Waals surface area contributed by atoms with Crippen molar-refractivity contribution in [1.29, 1.82) is 0 Å². The van der Waals surface area contributed by atoms with E-state index in [-0.39, 0.29) is 24.3 Å². The second-order valence-corrected chi connectivity index (χ2v) is 7.41. The van der Waals surface area contributed by atoms with Crippen molar-refractivity contribution in [3.8, 4) is 5.75 Å². The molecule has 3 rings (SSSR count). The minimum Gasteiger partial charge on any atom is -0.495 e. The Morgan fingerprint density at radius 2 is 1.93 bits per heavy atom. The van der Waals surface area contributed by atoms with Gasteiger partial charge < -0.3 is 19.9 Å². The van der Waals surface area contributed by atoms with Crippen LogP contribution in [0.2, 0.25) is 0 Å². The Morgan fingerprint density at radius 3 is 2.62 bits per heavy atom. The van der Waals surface area contributed by atoms with Crippen LogP contribution < -0.4 is 10.1 Å². The van der Waals surface area contributed by atoms with Crippen molar-refractivity contribution in [3.05, 3.63) is 65.4 Å². The van der Waals surface area contributed by atoms with Crippen LogP contribution in [0.3, 0.4) is 0 Å². The molecule has 152 valence electrons. The first-order chi connectivity index (χ1) is 13.9. The van der Waals surface area contributed by atoms with E-state index in [1.54, 1.807) is 18.2 Å². The Morgan fingerprint density at radius 1 is 1.17 bits per heavy atom. The van der Waals surface area contributed by atoms with E-state index in [0.717, 1.165) is 23.2 Å². The average Bonchev–Trinajstić information content (AvgIpc) is 2.67. The van der Waals surface area contributed by atoms with E-state index in [4.69, 9.17) is 4.74 Å². The van der Waals surface area contributed by atoms with E-state index in [0.29, 0.717) is 11.4 Å². The fourth-order valence-corrected chi connectivity index (χ4v) is 3.61. The molecule has 0 aliphatic carbocycles. The van der Waals surface area contributed by atoms with Crippen LogP contribution >= 0.6 is 0 Å². The lowest BCUT2D eigenvalue weighted by molar-refractivity contribution is -0.129. The van der Waals surface area contributed by atoms with Crippen LogP contribution in [-0.4, -0.2) is 42.8 Å². The van der Waals surface area contributed by atoms with E-state index < -0.39 is 0 Å². The van der Waals surface area contributed by atoms with Crippen LogP contribution in [0, 0.1) is 0 Å². The Hall–Kier alpha value is -3.12. The predicted octanol–water partition coefficient (Wildman–Crippen LogP) is 3.66. The summed E-state index contributed by atoms with van der Waals surface area (Å²) in [5, 5.41) is 2.97. The second-order valence-electron chi connectivity index (χ2n) is 7.41. The second kappa shape index (κ2) is 8.92. The van der Waals surface area contributed by atoms with Gasteiger partial charge in [-0.1, -0.05) is 30.3 Å². The fraction of sp³-hybridized carbons (Fsp3) is 0.304. The summed E-state index contributed by atoms with van der Waals surface area (Å²) >= 11 is 0. The molecule has 1 atom stereocenters. The van der Waals surface area contributed by atoms with Crippen LogP contribution in [-0.2, 0) is 16.1 Å². The summed E-state index contributed by atoms with van der Waals surface area (Å²) in [5.41, 5.74) is 3.69. The number of nitrogens with one attached hydrogen (secondary N) is 1. The van der Waals surface area contributed by atoms with Crippen molar-refractivity contribution in [2.45, 2.75) is 25.9 Å². The first-order valence-electron chi connectivity index (χ1n) is 9.56. The molecule has 0 saturated carbocycles. The Labute approximate surface area is 171 Å². The van der Waals surface area contributed by atoms with Crippen LogP contribution in [0.5, 0.6) is 5.75 Å². The maximum absolute atomic E-state index is 12.9. The summed E-state index contributed by atoms with van der Waals surface area (Å²) in [6, 6.07) is 13.2. The van der Waals surface area contributed by atoms with E-state index in [1.807, 2.05) is 62.6 Å². The first kappa shape index (κ1) is 20.6. The highest BCUT2D eigenvalue weighted by Crippen LogP contribution is 2.34. The van der Waals surface area contributed by atoms with Gasteiger partial charge in [0.25, 0.3) is 0 Å². The summed E-state index contributed by atoms with van der Waals surface area (Å²) in [7, 11) is 5.57. The van der Waals surface area contributed by atoms with Crippen molar-refractivity contribution in [3.63, 3.8) is 0 Å². The average molecular weight is 393 g/mol. The quantitative estimate of drug-likeness (QED) is 0.814. The third-order valence-electron chi connectivity index (χ3n) is 4.88. The summed E-state index contributed by atoms with van der Waals surface area (Å²) in [5.74, 6) is 0.332. The Bertz CT molecular complexity index is 937. The van der Waals surface area contributed by atoms with Gasteiger partial charge in [0.15, 0.2) is 0 Å². The standard InChI is InChI=1S/C23H27N3O3/c1-16(27)26-12-11-18-7-5-6-8-19(18)21(26)14-23(28)24-20-13-17(15-25(2)3)9-10-22(20)29-4/h5-13,21H,14-15H2,1-4H3,(H,24,28)/t21-/m1/s1. The van der Waals surface area contributed by atoms with Crippen LogP contribution in [0.25, 0.3) is 6.08 Å². The number of hydrogen-bond donors (Lipinski definition) is 1. The van der Waals surface area contributed by atoms with Crippen LogP contribution in [0.1, 0.15) is 36.1 Å². The van der Waals surface area contributed by atoms with Gasteiger partial charge >= 0.3 is 0 Å². The molecule has 2 aromatic carbocycles. The predicted molar refractivity (Wildman–Crippen MR) is 114 cm³/mol. The van der Waals surface area contributed by atoms with Gasteiger partial charge in [-0.3, -0.25) is 9.59 Å². The molecule has 0 spiro atoms. The lowest BCUT2D eigenvalue weighted by Crippen LogP contribution is -2.33. The van der Waals surface area contributed by atoms with Gasteiger partial charge in [-0.2, -0.15) is 0 Å². The lowest BCUT2D eigenvalue weighted by Gasteiger charge is -2.32. The number of amides is 2. The molecule has 1 aliphatic rings. The van der Waals surface area contributed by atoms with E-state index in [2.05, 4.69) is 10.2 Å². The van der Waals surface area contributed by atoms with Crippen molar-refractivity contribution in [1.82, 2.24) is 9.80 Å². The molecule has 2 aromatic rings. The molecule has 29 heavy (non-hydrogen) atoms. The van der Waals surface area contributed by atoms with Gasteiger partial charge in [0.2, 0.25) is 11.8 Å². The Balaban J connectivity index is 1.82. The molecule has 6 nitrogen and oxygen atoms in total. The molecule has 0 aromatic heterocycles. The van der Waals surface area contributed by atoms with Crippen molar-refractivity contribution < 1.29 is 14.3 Å². The van der Waals surface area contributed by atoms with Gasteiger partial charge in [0.05, 0.1) is 25.3 Å². The fourth-order valence-electron chi connectivity index (χ4n) is 3.61. The molecule has 6 heteroatoms. The molecule has 1 aliphatic heterocycles. The van der Waals surface area contributed by atoms with Gasteiger partial charge in [0.1, 0.15) is 5.75 Å². The molecule has 0 fully saturated rings. The van der Waals surface area contributed by atoms with Gasteiger partial charge in [0, 0.05) is 19.7 Å². The SMILES string of the molecule is COc1ccc(CN(C)C)cc1NC(=O)C[C@@H]1c2ccccc2C=CN1C(C)=O. The molecular formula is C23H27N3O3. The summed E-state index contributed by atoms with van der Waals surface area (Å²) < 4.78 is 5.41. The van der Waals surface area contributed by atoms with Crippen molar-refractivity contribution in [2.75, 3.05) is 26.5 Å². The molecule has 1 heterocycles. The van der Waals surface area contributed by atoms with Gasteiger partial charge in [-0.05, 0) is 49.0 Å². The minimum absolute atomic E-state index is 0.0980. The zero-order chi connectivity index (χ0) is 21.0. The highest BCUT2D eigenvalue weighted by Gasteiger charge is 2.28. The number of anilines is 1. The number of nitrogens with zero attached hydrogens (tertiary/aromatic N) is 2. The largest absolute Gasteiger partial charge is 0.495 e. The van der Waals surface area contributed by atoms with Gasteiger partial charge in [-0.25, -0.2) is 0 Å². The zero-order valence-electron chi connectivity index (χ0n) is 17.3. The van der Waals surface area contributed by atoms with Crippen LogP contribution in [0.15, 0.2) is 48.7 Å². The van der Waals surface area contributed by atoms with Crippen molar-refractivity contribution in [2.24, 2.45) is 0 Å². The zero-order valence-corrected chi connectivity index (χ0v) is 17.3. The number of carbonyl (C=O) groups excluding carboxylic acids is 2. The van der Waals surface area contributed by atoms with Crippen molar-refractivity contribution >= 4 is 23.6 Å². The number of hydrogen-bond acceptors (Lipinski definition) is 4. The monoisotopic (exact) mass is 393 g/mol. The van der Waals surface area contributed by atoms with E-state index in [9.17, 15) is 9.59 Å². The van der Waals surface area contributed by atoms with E-state index >= 15 is 0 Å². The number of methoxy groups -OCH3 is 1. The maximum atomic E-state index is 12.9. The highest BCUT2D eigenvalue weighted by molar-refractivity contribution is 5.93. The number of fused-ring (bicyclic) bond motifs is 1. The number of rotatable bonds is 6. The third kappa shape index (κ3) is 4.84. The highest BCUT2D eigenvalue weighted by atomic mass is 16.5. The molecule has 1 N–H and O–H groups in total. The summed E-state index contributed by atoms with van der Waals surface area (Å²) in [6.45, 7) is 2.27. The van der Waals surface area contributed by atoms with Crippen LogP contribution in [0.4, 0.5) is 5.69 Å². The molecular weight excluding hydrogens is 366 g/mol. The molecule has 2 amide bonds. The normalized spacial score (nSPS) is 15.2.